The largest absolute Gasteiger partial charge is 0.314 e. The zero-order chi connectivity index (χ0) is 50.0. The summed E-state index contributed by atoms with van der Waals surface area (Å²) < 4.78 is 3.03. The standard InChI is InChI=1S/C67H121NSi/c1-12-14-16-18-20-22-24-26-28-30-32-34-36-38-40-42-44-48-52-67(53-49-45-43-41-39-37-35-33-31-29-27-25-23-21-19-17-15-13-2)62-51-47-46-50-59(62)61-56-60-58(55-63(61)67)54-57(3)64(60)69(10,11)68(65(4,5)6)66(7,8)9/h46-47,50-51,55-58,60,64H,12-45,48-49,52-54H2,1-11H3. The number of hydrogen-bond donors (Lipinski definition) is 0. The van der Waals surface area contributed by atoms with Crippen LogP contribution in [0, 0.1) is 17.8 Å². The highest BCUT2D eigenvalue weighted by molar-refractivity contribution is 6.76. The van der Waals surface area contributed by atoms with Crippen LogP contribution in [0.15, 0.2) is 42.0 Å². The molecule has 0 aliphatic heterocycles. The highest BCUT2D eigenvalue weighted by Gasteiger charge is 2.57. The monoisotopic (exact) mass is 968 g/mol. The lowest BCUT2D eigenvalue weighted by Gasteiger charge is -2.57. The van der Waals surface area contributed by atoms with Crippen LogP contribution in [0.4, 0.5) is 0 Å². The molecule has 1 nitrogen and oxygen atoms in total. The van der Waals surface area contributed by atoms with Gasteiger partial charge in [-0.25, -0.2) is 0 Å². The number of benzene rings is 1. The molecule has 4 atom stereocenters. The van der Waals surface area contributed by atoms with Gasteiger partial charge in [0.15, 0.2) is 0 Å². The summed E-state index contributed by atoms with van der Waals surface area (Å²) in [4.78, 5) is 0. The molecule has 0 N–H and O–H groups in total. The van der Waals surface area contributed by atoms with Crippen LogP contribution in [0.1, 0.15) is 324 Å². The van der Waals surface area contributed by atoms with Gasteiger partial charge in [-0.3, -0.25) is 0 Å². The molecule has 1 aromatic carbocycles. The molecule has 2 heteroatoms. The summed E-state index contributed by atoms with van der Waals surface area (Å²) in [5.74, 6) is 2.11. The third-order valence-corrected chi connectivity index (χ3v) is 23.2. The van der Waals surface area contributed by atoms with Crippen LogP contribution in [0.3, 0.4) is 0 Å². The van der Waals surface area contributed by atoms with Gasteiger partial charge in [-0.1, -0.05) is 301 Å². The average molecular weight is 969 g/mol. The topological polar surface area (TPSA) is 3.24 Å². The first-order valence-corrected chi connectivity index (χ1v) is 34.6. The Morgan fingerprint density at radius 3 is 1.16 bits per heavy atom. The maximum Gasteiger partial charge on any atom is 0.127 e. The van der Waals surface area contributed by atoms with E-state index >= 15 is 0 Å². The molecule has 1 fully saturated rings. The zero-order valence-electron chi connectivity index (χ0n) is 48.8. The molecule has 0 radical (unpaired) electrons. The van der Waals surface area contributed by atoms with E-state index in [1.54, 1.807) is 22.3 Å². The summed E-state index contributed by atoms with van der Waals surface area (Å²) >= 11 is 0. The number of unbranched alkanes of at least 4 members (excludes halogenated alkanes) is 34. The van der Waals surface area contributed by atoms with Crippen LogP contribution in [0.2, 0.25) is 18.6 Å². The Labute approximate surface area is 435 Å². The van der Waals surface area contributed by atoms with Crippen molar-refractivity contribution in [3.8, 4) is 0 Å². The number of rotatable bonds is 40. The molecule has 4 unspecified atom stereocenters. The minimum Gasteiger partial charge on any atom is -0.314 e. The fourth-order valence-corrected chi connectivity index (χ4v) is 22.2. The summed E-state index contributed by atoms with van der Waals surface area (Å²) in [6.07, 6.45) is 62.1. The molecule has 1 saturated carbocycles. The first-order valence-electron chi connectivity index (χ1n) is 31.5. The van der Waals surface area contributed by atoms with E-state index in [-0.39, 0.29) is 16.5 Å². The molecule has 0 aromatic heterocycles. The molecule has 0 heterocycles. The molecule has 1 aromatic rings. The van der Waals surface area contributed by atoms with Crippen molar-refractivity contribution in [2.45, 2.75) is 348 Å². The summed E-state index contributed by atoms with van der Waals surface area (Å²) in [6, 6.07) is 9.88. The predicted octanol–water partition coefficient (Wildman–Crippen LogP) is 22.9. The highest BCUT2D eigenvalue weighted by atomic mass is 28.3. The van der Waals surface area contributed by atoms with Crippen LogP contribution in [0.25, 0.3) is 5.57 Å². The smallest absolute Gasteiger partial charge is 0.127 e. The van der Waals surface area contributed by atoms with Gasteiger partial charge in [0.25, 0.3) is 0 Å². The summed E-state index contributed by atoms with van der Waals surface area (Å²) in [5.41, 5.74) is 8.03. The second kappa shape index (κ2) is 32.2. The molecular formula is C67H121NSi. The maximum absolute atomic E-state index is 3.03. The summed E-state index contributed by atoms with van der Waals surface area (Å²) in [5, 5.41) is 0. The van der Waals surface area contributed by atoms with E-state index in [1.807, 2.05) is 0 Å². The molecule has 4 rings (SSSR count). The molecule has 0 saturated heterocycles. The second-order valence-corrected chi connectivity index (χ2v) is 31.0. The normalized spacial score (nSPS) is 20.1. The Kier molecular flexibility index (Phi) is 28.2. The molecular weight excluding hydrogens is 847 g/mol. The van der Waals surface area contributed by atoms with E-state index in [2.05, 4.69) is 116 Å². The molecule has 0 spiro atoms. The summed E-state index contributed by atoms with van der Waals surface area (Å²) in [6.45, 7) is 27.7. The van der Waals surface area contributed by atoms with Gasteiger partial charge in [-0.2, -0.15) is 0 Å². The highest BCUT2D eigenvalue weighted by Crippen LogP contribution is 2.63. The van der Waals surface area contributed by atoms with E-state index in [1.165, 1.54) is 250 Å². The van der Waals surface area contributed by atoms with Crippen molar-refractivity contribution in [2.75, 3.05) is 0 Å². The van der Waals surface area contributed by atoms with E-state index in [0.717, 1.165) is 11.5 Å². The number of fused-ring (bicyclic) bond motifs is 4. The van der Waals surface area contributed by atoms with Crippen LogP contribution in [-0.2, 0) is 5.41 Å². The van der Waals surface area contributed by atoms with Crippen molar-refractivity contribution in [3.63, 3.8) is 0 Å². The minimum atomic E-state index is -1.87. The van der Waals surface area contributed by atoms with Crippen LogP contribution >= 0.6 is 0 Å². The van der Waals surface area contributed by atoms with Crippen molar-refractivity contribution in [1.82, 2.24) is 4.57 Å². The Bertz CT molecular complexity index is 1490. The Morgan fingerprint density at radius 2 is 0.812 bits per heavy atom. The van der Waals surface area contributed by atoms with Gasteiger partial charge in [-0.05, 0) is 106 Å². The van der Waals surface area contributed by atoms with Crippen molar-refractivity contribution in [2.24, 2.45) is 17.8 Å². The van der Waals surface area contributed by atoms with E-state index in [0.29, 0.717) is 11.8 Å². The van der Waals surface area contributed by atoms with Gasteiger partial charge in [0.1, 0.15) is 8.24 Å². The molecule has 3 aliphatic rings. The molecule has 69 heavy (non-hydrogen) atoms. The lowest BCUT2D eigenvalue weighted by atomic mass is 9.68. The van der Waals surface area contributed by atoms with Crippen LogP contribution in [-0.4, -0.2) is 23.9 Å². The number of hydrogen-bond acceptors (Lipinski definition) is 1. The Hall–Kier alpha value is -1.12. The minimum absolute atomic E-state index is 0.155. The first kappa shape index (κ1) is 60.4. The SMILES string of the molecule is CCCCCCCCCCCCCCCCCCCCC1(CCCCCCCCCCCCCCCCCCCC)C2=CC3CC(C)C([Si](C)(C)N(C(C)(C)C)C(C)(C)C)C3C=C2c2ccccc21. The van der Waals surface area contributed by atoms with Crippen molar-refractivity contribution in [3.05, 3.63) is 53.1 Å². The zero-order valence-corrected chi connectivity index (χ0v) is 49.8. The predicted molar refractivity (Wildman–Crippen MR) is 314 cm³/mol. The maximum atomic E-state index is 3.03. The van der Waals surface area contributed by atoms with E-state index in [9.17, 15) is 0 Å². The second-order valence-electron chi connectivity index (χ2n) is 26.6. The molecule has 0 amide bonds. The average Bonchev–Trinajstić information content (AvgIpc) is 3.76. The number of nitrogens with zero attached hydrogens (tertiary/aromatic N) is 1. The van der Waals surface area contributed by atoms with Crippen LogP contribution in [0.5, 0.6) is 0 Å². The van der Waals surface area contributed by atoms with Crippen molar-refractivity contribution < 1.29 is 0 Å². The van der Waals surface area contributed by atoms with Crippen LogP contribution < -0.4 is 0 Å². The van der Waals surface area contributed by atoms with E-state index in [4.69, 9.17) is 0 Å². The third-order valence-electron chi connectivity index (χ3n) is 18.1. The van der Waals surface area contributed by atoms with E-state index < -0.39 is 8.24 Å². The van der Waals surface area contributed by atoms with Gasteiger partial charge in [0.05, 0.1) is 0 Å². The fraction of sp³-hybridized carbons (Fsp3) is 0.851. The van der Waals surface area contributed by atoms with Gasteiger partial charge in [0, 0.05) is 16.5 Å². The molecule has 398 valence electrons. The van der Waals surface area contributed by atoms with Crippen molar-refractivity contribution >= 4 is 13.8 Å². The first-order chi connectivity index (χ1) is 33.2. The fourth-order valence-electron chi connectivity index (χ4n) is 15.7. The Balaban J connectivity index is 1.32. The van der Waals surface area contributed by atoms with Gasteiger partial charge >= 0.3 is 0 Å². The summed E-state index contributed by atoms with van der Waals surface area (Å²) in [7, 11) is -1.87. The molecule has 3 aliphatic carbocycles. The molecule has 0 bridgehead atoms. The lowest BCUT2D eigenvalue weighted by molar-refractivity contribution is 0.121. The lowest BCUT2D eigenvalue weighted by Crippen LogP contribution is -2.67. The quantitative estimate of drug-likeness (QED) is 0.0468. The third kappa shape index (κ3) is 19.6. The van der Waals surface area contributed by atoms with Gasteiger partial charge in [0.2, 0.25) is 0 Å². The van der Waals surface area contributed by atoms with Gasteiger partial charge < -0.3 is 4.57 Å². The van der Waals surface area contributed by atoms with Crippen molar-refractivity contribution in [1.29, 1.82) is 0 Å². The van der Waals surface area contributed by atoms with Gasteiger partial charge in [-0.15, -0.1) is 0 Å². The Morgan fingerprint density at radius 1 is 0.478 bits per heavy atom. The number of allylic oxidation sites excluding steroid dienone is 4.